The van der Waals surface area contributed by atoms with Gasteiger partial charge in [0.05, 0.1) is 11.1 Å². The minimum atomic E-state index is -0.849. The van der Waals surface area contributed by atoms with Crippen LogP contribution in [0, 0.1) is 0 Å². The number of fused-ring (bicyclic) bond motifs is 1. The molecule has 0 amide bonds. The van der Waals surface area contributed by atoms with E-state index >= 15 is 0 Å². The van der Waals surface area contributed by atoms with Crippen LogP contribution < -0.4 is 4.74 Å². The van der Waals surface area contributed by atoms with E-state index in [4.69, 9.17) is 26.0 Å². The fourth-order valence-corrected chi connectivity index (χ4v) is 3.94. The first-order valence-corrected chi connectivity index (χ1v) is 9.41. The number of carboxylic acid groups (broad SMARTS) is 1. The number of carbonyl (C=O) groups is 1. The largest absolute Gasteiger partial charge is 0.486 e. The fourth-order valence-electron chi connectivity index (χ4n) is 2.78. The van der Waals surface area contributed by atoms with Crippen LogP contribution in [0.25, 0.3) is 21.4 Å². The van der Waals surface area contributed by atoms with Gasteiger partial charge in [0.2, 0.25) is 0 Å². The maximum atomic E-state index is 11.0. The summed E-state index contributed by atoms with van der Waals surface area (Å²) in [4.78, 5) is 11.0. The van der Waals surface area contributed by atoms with Gasteiger partial charge in [-0.2, -0.15) is 0 Å². The molecule has 1 N–H and O–H groups in total. The lowest BCUT2D eigenvalue weighted by atomic mass is 10.1. The maximum Gasteiger partial charge on any atom is 0.307 e. The van der Waals surface area contributed by atoms with Crippen LogP contribution in [0.3, 0.4) is 0 Å². The summed E-state index contributed by atoms with van der Waals surface area (Å²) in [5.41, 5.74) is 2.34. The molecule has 0 aliphatic carbocycles. The molecule has 27 heavy (non-hydrogen) atoms. The van der Waals surface area contributed by atoms with Crippen molar-refractivity contribution in [2.24, 2.45) is 0 Å². The Morgan fingerprint density at radius 2 is 2.04 bits per heavy atom. The molecule has 0 saturated heterocycles. The van der Waals surface area contributed by atoms with E-state index in [1.165, 1.54) is 11.3 Å². The molecule has 0 atom stereocenters. The molecule has 136 valence electrons. The monoisotopic (exact) mass is 399 g/mol. The number of rotatable bonds is 6. The number of aromatic nitrogens is 1. The SMILES string of the molecule is O=C(O)Cc1csc2c(OCc3cc(-c4ccc(Cl)cc4)on3)cccc12. The third-order valence-corrected chi connectivity index (χ3v) is 5.36. The van der Waals surface area contributed by atoms with Gasteiger partial charge in [-0.1, -0.05) is 28.9 Å². The van der Waals surface area contributed by atoms with E-state index in [-0.39, 0.29) is 13.0 Å². The smallest absolute Gasteiger partial charge is 0.307 e. The van der Waals surface area contributed by atoms with E-state index < -0.39 is 5.97 Å². The Morgan fingerprint density at radius 1 is 1.22 bits per heavy atom. The van der Waals surface area contributed by atoms with Gasteiger partial charge >= 0.3 is 5.97 Å². The Bertz CT molecular complexity index is 1100. The zero-order chi connectivity index (χ0) is 18.8. The van der Waals surface area contributed by atoms with E-state index in [0.29, 0.717) is 22.2 Å². The van der Waals surface area contributed by atoms with Crippen LogP contribution in [-0.4, -0.2) is 16.2 Å². The molecule has 0 saturated carbocycles. The Hall–Kier alpha value is -2.83. The van der Waals surface area contributed by atoms with Gasteiger partial charge in [0.15, 0.2) is 5.76 Å². The molecule has 4 aromatic rings. The molecule has 0 aliphatic heterocycles. The highest BCUT2D eigenvalue weighted by atomic mass is 35.5. The number of carboxylic acids is 1. The summed E-state index contributed by atoms with van der Waals surface area (Å²) in [5.74, 6) is 0.492. The molecule has 0 aliphatic rings. The minimum Gasteiger partial charge on any atom is -0.486 e. The van der Waals surface area contributed by atoms with Crippen molar-refractivity contribution < 1.29 is 19.2 Å². The summed E-state index contributed by atoms with van der Waals surface area (Å²) in [6.07, 6.45) is -0.00279. The van der Waals surface area contributed by atoms with Gasteiger partial charge in [0, 0.05) is 16.7 Å². The van der Waals surface area contributed by atoms with E-state index in [2.05, 4.69) is 5.16 Å². The van der Waals surface area contributed by atoms with E-state index in [1.807, 2.05) is 41.8 Å². The van der Waals surface area contributed by atoms with Crippen molar-refractivity contribution in [1.82, 2.24) is 5.16 Å². The Kier molecular flexibility index (Phi) is 4.83. The molecule has 0 bridgehead atoms. The fraction of sp³-hybridized carbons (Fsp3) is 0.100. The molecule has 5 nitrogen and oxygen atoms in total. The lowest BCUT2D eigenvalue weighted by Crippen LogP contribution is -1.99. The third-order valence-electron chi connectivity index (χ3n) is 4.05. The van der Waals surface area contributed by atoms with Crippen molar-refractivity contribution in [2.45, 2.75) is 13.0 Å². The third kappa shape index (κ3) is 3.82. The number of hydrogen-bond acceptors (Lipinski definition) is 5. The summed E-state index contributed by atoms with van der Waals surface area (Å²) >= 11 is 7.38. The zero-order valence-electron chi connectivity index (χ0n) is 14.0. The van der Waals surface area contributed by atoms with E-state index in [9.17, 15) is 4.79 Å². The van der Waals surface area contributed by atoms with Gasteiger partial charge in [-0.05, 0) is 46.7 Å². The second-order valence-corrected chi connectivity index (χ2v) is 7.26. The molecular formula is C20H14ClNO4S. The van der Waals surface area contributed by atoms with Crippen LogP contribution in [0.15, 0.2) is 58.4 Å². The standard InChI is InChI=1S/C20H14ClNO4S/c21-14-6-4-12(5-7-14)18-9-15(22-26-18)10-25-17-3-1-2-16-13(8-19(23)24)11-27-20(16)17/h1-7,9,11H,8,10H2,(H,23,24). The molecule has 2 aromatic carbocycles. The first-order valence-electron chi connectivity index (χ1n) is 8.15. The van der Waals surface area contributed by atoms with Crippen molar-refractivity contribution >= 4 is 39.0 Å². The molecule has 2 aromatic heterocycles. The first kappa shape index (κ1) is 17.6. The van der Waals surface area contributed by atoms with Crippen LogP contribution in [0.2, 0.25) is 5.02 Å². The van der Waals surface area contributed by atoms with Gasteiger partial charge in [-0.3, -0.25) is 4.79 Å². The molecule has 7 heteroatoms. The molecule has 4 rings (SSSR count). The molecule has 2 heterocycles. The van der Waals surface area contributed by atoms with Crippen LogP contribution in [-0.2, 0) is 17.8 Å². The zero-order valence-corrected chi connectivity index (χ0v) is 15.6. The number of thiophene rings is 1. The van der Waals surface area contributed by atoms with Crippen molar-refractivity contribution in [3.05, 3.63) is 70.2 Å². The average Bonchev–Trinajstić information content (AvgIpc) is 3.28. The van der Waals surface area contributed by atoms with E-state index in [0.717, 1.165) is 21.2 Å². The topological polar surface area (TPSA) is 72.6 Å². The quantitative estimate of drug-likeness (QED) is 0.469. The number of halogens is 1. The number of hydrogen-bond donors (Lipinski definition) is 1. The summed E-state index contributed by atoms with van der Waals surface area (Å²) in [6, 6.07) is 14.8. The summed E-state index contributed by atoms with van der Waals surface area (Å²) in [5, 5.41) is 16.5. The van der Waals surface area contributed by atoms with E-state index in [1.54, 1.807) is 12.1 Å². The molecule has 0 unspecified atom stereocenters. The minimum absolute atomic E-state index is 0.00279. The highest BCUT2D eigenvalue weighted by molar-refractivity contribution is 7.17. The molecule has 0 fully saturated rings. The highest BCUT2D eigenvalue weighted by Gasteiger charge is 2.13. The number of benzene rings is 2. The Morgan fingerprint density at radius 3 is 2.81 bits per heavy atom. The predicted molar refractivity (Wildman–Crippen MR) is 104 cm³/mol. The van der Waals surface area contributed by atoms with Crippen LogP contribution in [0.1, 0.15) is 11.3 Å². The number of ether oxygens (including phenoxy) is 1. The summed E-state index contributed by atoms with van der Waals surface area (Å²) < 4.78 is 12.2. The van der Waals surface area contributed by atoms with Crippen LogP contribution >= 0.6 is 22.9 Å². The molecule has 0 spiro atoms. The average molecular weight is 400 g/mol. The van der Waals surface area contributed by atoms with Crippen molar-refractivity contribution in [1.29, 1.82) is 0 Å². The molecule has 0 radical (unpaired) electrons. The number of aliphatic carboxylic acids is 1. The Balaban J connectivity index is 1.51. The summed E-state index contributed by atoms with van der Waals surface area (Å²) in [7, 11) is 0. The summed E-state index contributed by atoms with van der Waals surface area (Å²) in [6.45, 7) is 0.252. The van der Waals surface area contributed by atoms with Crippen LogP contribution in [0.4, 0.5) is 0 Å². The second kappa shape index (κ2) is 7.42. The Labute approximate surface area is 163 Å². The highest BCUT2D eigenvalue weighted by Crippen LogP contribution is 2.34. The first-order chi connectivity index (χ1) is 13.1. The van der Waals surface area contributed by atoms with Gasteiger partial charge < -0.3 is 14.4 Å². The van der Waals surface area contributed by atoms with Crippen LogP contribution in [0.5, 0.6) is 5.75 Å². The molecular weight excluding hydrogens is 386 g/mol. The van der Waals surface area contributed by atoms with Crippen molar-refractivity contribution in [2.75, 3.05) is 0 Å². The second-order valence-electron chi connectivity index (χ2n) is 5.94. The lowest BCUT2D eigenvalue weighted by molar-refractivity contribution is -0.136. The number of nitrogens with zero attached hydrogens (tertiary/aromatic N) is 1. The van der Waals surface area contributed by atoms with Crippen molar-refractivity contribution in [3.63, 3.8) is 0 Å². The van der Waals surface area contributed by atoms with Gasteiger partial charge in [0.1, 0.15) is 18.1 Å². The van der Waals surface area contributed by atoms with Gasteiger partial charge in [-0.25, -0.2) is 0 Å². The normalized spacial score (nSPS) is 11.0. The lowest BCUT2D eigenvalue weighted by Gasteiger charge is -2.05. The van der Waals surface area contributed by atoms with Gasteiger partial charge in [-0.15, -0.1) is 11.3 Å². The predicted octanol–water partition coefficient (Wildman–Crippen LogP) is 5.42. The van der Waals surface area contributed by atoms with Crippen molar-refractivity contribution in [3.8, 4) is 17.1 Å². The maximum absolute atomic E-state index is 11.0. The van der Waals surface area contributed by atoms with Gasteiger partial charge in [0.25, 0.3) is 0 Å².